The predicted molar refractivity (Wildman–Crippen MR) is 171 cm³/mol. The van der Waals surface area contributed by atoms with Crippen molar-refractivity contribution in [2.45, 2.75) is 56.4 Å². The maximum atomic E-state index is 13.4. The third-order valence-corrected chi connectivity index (χ3v) is 9.83. The molecule has 3 aromatic carbocycles. The summed E-state index contributed by atoms with van der Waals surface area (Å²) in [6, 6.07) is 21.5. The molecule has 0 spiro atoms. The highest BCUT2D eigenvalue weighted by Crippen LogP contribution is 2.31. The number of ether oxygens (including phenoxy) is 1. The zero-order chi connectivity index (χ0) is 31.2. The first-order chi connectivity index (χ1) is 21.1. The maximum absolute atomic E-state index is 13.4. The van der Waals surface area contributed by atoms with Gasteiger partial charge in [0.1, 0.15) is 11.3 Å². The average Bonchev–Trinajstić information content (AvgIpc) is 3.55. The zero-order valence-electron chi connectivity index (χ0n) is 25.5. The van der Waals surface area contributed by atoms with E-state index in [1.807, 2.05) is 23.1 Å². The van der Waals surface area contributed by atoms with Gasteiger partial charge in [0, 0.05) is 18.7 Å². The van der Waals surface area contributed by atoms with Crippen LogP contribution in [0.4, 0.5) is 5.69 Å². The van der Waals surface area contributed by atoms with Gasteiger partial charge in [0.2, 0.25) is 5.91 Å². The molecule has 10 heteroatoms. The molecule has 5 rings (SSSR count). The van der Waals surface area contributed by atoms with Crippen molar-refractivity contribution in [2.24, 2.45) is 5.92 Å². The van der Waals surface area contributed by atoms with Crippen molar-refractivity contribution in [1.29, 1.82) is 0 Å². The molecule has 2 fully saturated rings. The van der Waals surface area contributed by atoms with Crippen molar-refractivity contribution in [3.63, 3.8) is 0 Å². The van der Waals surface area contributed by atoms with E-state index in [0.717, 1.165) is 19.4 Å². The van der Waals surface area contributed by atoms with E-state index in [9.17, 15) is 18.0 Å². The van der Waals surface area contributed by atoms with Gasteiger partial charge >= 0.3 is 0 Å². The number of likely N-dealkylation sites (tertiary alicyclic amines) is 2. The Morgan fingerprint density at radius 1 is 0.864 bits per heavy atom. The minimum atomic E-state index is -3.97. The monoisotopic (exact) mass is 618 g/mol. The Hall–Kier alpha value is -3.89. The first kappa shape index (κ1) is 31.5. The van der Waals surface area contributed by atoms with Gasteiger partial charge in [-0.2, -0.15) is 0 Å². The summed E-state index contributed by atoms with van der Waals surface area (Å²) in [5.74, 6) is 1.02. The van der Waals surface area contributed by atoms with Crippen LogP contribution in [0.2, 0.25) is 0 Å². The van der Waals surface area contributed by atoms with Gasteiger partial charge in [-0.25, -0.2) is 8.42 Å². The maximum Gasteiger partial charge on any atom is 0.262 e. The third-order valence-electron chi connectivity index (χ3n) is 8.44. The number of benzene rings is 3. The van der Waals surface area contributed by atoms with Crippen molar-refractivity contribution >= 4 is 27.5 Å². The molecule has 9 nitrogen and oxygen atoms in total. The van der Waals surface area contributed by atoms with E-state index < -0.39 is 21.5 Å². The van der Waals surface area contributed by atoms with Crippen LogP contribution in [0.25, 0.3) is 0 Å². The fraction of sp³-hybridized carbons (Fsp3) is 0.412. The number of anilines is 1. The predicted octanol–water partition coefficient (Wildman–Crippen LogP) is 5.51. The summed E-state index contributed by atoms with van der Waals surface area (Å²) in [7, 11) is -3.97. The fourth-order valence-corrected chi connectivity index (χ4v) is 6.92. The highest BCUT2D eigenvalue weighted by atomic mass is 32.2. The van der Waals surface area contributed by atoms with Gasteiger partial charge in [-0.1, -0.05) is 30.3 Å². The summed E-state index contributed by atoms with van der Waals surface area (Å²) in [5.41, 5.74) is -0.554. The Bertz CT molecular complexity index is 1530. The lowest BCUT2D eigenvalue weighted by molar-refractivity contribution is -0.138. The van der Waals surface area contributed by atoms with E-state index in [1.165, 1.54) is 56.6 Å². The molecule has 0 saturated carbocycles. The third kappa shape index (κ3) is 7.98. The average molecular weight is 619 g/mol. The number of sulfonamides is 1. The van der Waals surface area contributed by atoms with Crippen LogP contribution in [-0.4, -0.2) is 68.3 Å². The van der Waals surface area contributed by atoms with Crippen LogP contribution in [0.15, 0.2) is 83.8 Å². The fourth-order valence-electron chi connectivity index (χ4n) is 5.85. The van der Waals surface area contributed by atoms with Gasteiger partial charge in [-0.05, 0) is 120 Å². The Balaban J connectivity index is 1.15. The van der Waals surface area contributed by atoms with Gasteiger partial charge in [-0.15, -0.1) is 0 Å². The SMILES string of the molecule is CC(C)(NC(=O)c1ccc(S(=O)(=O)Nc2ccccc2Oc2ccccc2)cc1)C(=O)N1CCC(CCN2CCCC2)CC1. The summed E-state index contributed by atoms with van der Waals surface area (Å²) in [6.07, 6.45) is 5.74. The zero-order valence-corrected chi connectivity index (χ0v) is 26.3. The van der Waals surface area contributed by atoms with Gasteiger partial charge in [-0.3, -0.25) is 14.3 Å². The van der Waals surface area contributed by atoms with E-state index >= 15 is 0 Å². The van der Waals surface area contributed by atoms with Crippen LogP contribution in [0, 0.1) is 5.92 Å². The van der Waals surface area contributed by atoms with Gasteiger partial charge in [0.25, 0.3) is 15.9 Å². The number of amides is 2. The lowest BCUT2D eigenvalue weighted by atomic mass is 9.91. The number of carbonyl (C=O) groups excluding carboxylic acids is 2. The molecule has 2 aliphatic rings. The van der Waals surface area contributed by atoms with E-state index in [2.05, 4.69) is 14.9 Å². The number of nitrogens with zero attached hydrogens (tertiary/aromatic N) is 2. The largest absolute Gasteiger partial charge is 0.455 e. The van der Waals surface area contributed by atoms with Crippen LogP contribution in [-0.2, 0) is 14.8 Å². The molecule has 0 bridgehead atoms. The number of nitrogens with one attached hydrogen (secondary N) is 2. The first-order valence-electron chi connectivity index (χ1n) is 15.4. The summed E-state index contributed by atoms with van der Waals surface area (Å²) in [6.45, 7) is 8.38. The second kappa shape index (κ2) is 13.8. The smallest absolute Gasteiger partial charge is 0.262 e. The topological polar surface area (TPSA) is 108 Å². The van der Waals surface area contributed by atoms with E-state index in [1.54, 1.807) is 50.2 Å². The standard InChI is InChI=1S/C34H42N4O5S/c1-34(2,33(40)38-24-19-26(20-25-38)18-23-37-21-8-9-22-37)35-32(39)27-14-16-29(17-15-27)44(41,42)36-30-12-6-7-13-31(30)43-28-10-4-3-5-11-28/h3-7,10-17,26,36H,8-9,18-25H2,1-2H3,(H,35,39). The van der Waals surface area contributed by atoms with E-state index in [4.69, 9.17) is 4.74 Å². The quantitative estimate of drug-likeness (QED) is 0.293. The molecule has 0 aromatic heterocycles. The van der Waals surface area contributed by atoms with Gasteiger partial charge < -0.3 is 19.9 Å². The van der Waals surface area contributed by atoms with Crippen LogP contribution in [0.3, 0.4) is 0 Å². The molecule has 3 aromatic rings. The molecule has 2 amide bonds. The van der Waals surface area contributed by atoms with Crippen molar-refractivity contribution in [1.82, 2.24) is 15.1 Å². The number of para-hydroxylation sites is 3. The van der Waals surface area contributed by atoms with Crippen molar-refractivity contribution in [2.75, 3.05) is 37.4 Å². The molecule has 0 unspecified atom stereocenters. The number of hydrogen-bond acceptors (Lipinski definition) is 6. The van der Waals surface area contributed by atoms with Crippen molar-refractivity contribution in [3.05, 3.63) is 84.4 Å². The molecular formula is C34H42N4O5S. The highest BCUT2D eigenvalue weighted by molar-refractivity contribution is 7.92. The van der Waals surface area contributed by atoms with Crippen molar-refractivity contribution in [3.8, 4) is 11.5 Å². The normalized spacial score (nSPS) is 16.5. The lowest BCUT2D eigenvalue weighted by Gasteiger charge is -2.37. The Morgan fingerprint density at radius 3 is 2.18 bits per heavy atom. The van der Waals surface area contributed by atoms with Crippen LogP contribution >= 0.6 is 0 Å². The summed E-state index contributed by atoms with van der Waals surface area (Å²) >= 11 is 0. The van der Waals surface area contributed by atoms with Crippen molar-refractivity contribution < 1.29 is 22.7 Å². The lowest BCUT2D eigenvalue weighted by Crippen LogP contribution is -2.57. The molecule has 44 heavy (non-hydrogen) atoms. The van der Waals surface area contributed by atoms with Gasteiger partial charge in [0.05, 0.1) is 10.6 Å². The molecule has 0 atom stereocenters. The number of piperidine rings is 1. The molecule has 2 saturated heterocycles. The second-order valence-electron chi connectivity index (χ2n) is 12.2. The number of rotatable bonds is 11. The molecule has 2 heterocycles. The number of hydrogen-bond donors (Lipinski definition) is 2. The first-order valence-corrected chi connectivity index (χ1v) is 16.9. The second-order valence-corrected chi connectivity index (χ2v) is 13.9. The highest BCUT2D eigenvalue weighted by Gasteiger charge is 2.35. The number of carbonyl (C=O) groups is 2. The minimum absolute atomic E-state index is 0.00787. The van der Waals surface area contributed by atoms with Crippen LogP contribution in [0.1, 0.15) is 56.3 Å². The molecule has 0 aliphatic carbocycles. The molecule has 2 N–H and O–H groups in total. The van der Waals surface area contributed by atoms with Gasteiger partial charge in [0.15, 0.2) is 5.75 Å². The van der Waals surface area contributed by atoms with E-state index in [0.29, 0.717) is 30.5 Å². The molecule has 234 valence electrons. The Morgan fingerprint density at radius 2 is 1.50 bits per heavy atom. The molecule has 0 radical (unpaired) electrons. The Labute approximate surface area is 260 Å². The molecular weight excluding hydrogens is 576 g/mol. The Kier molecular flexibility index (Phi) is 9.90. The van der Waals surface area contributed by atoms with E-state index in [-0.39, 0.29) is 22.1 Å². The summed E-state index contributed by atoms with van der Waals surface area (Å²) in [4.78, 5) is 30.9. The van der Waals surface area contributed by atoms with Crippen LogP contribution in [0.5, 0.6) is 11.5 Å². The molecule has 2 aliphatic heterocycles. The summed E-state index contributed by atoms with van der Waals surface area (Å²) < 4.78 is 34.8. The summed E-state index contributed by atoms with van der Waals surface area (Å²) in [5, 5.41) is 2.85. The minimum Gasteiger partial charge on any atom is -0.455 e. The van der Waals surface area contributed by atoms with Crippen LogP contribution < -0.4 is 14.8 Å².